The molecule has 0 spiro atoms. The number of halogens is 2. The zero-order valence-corrected chi connectivity index (χ0v) is 20.5. The number of aromatic nitrogens is 2. The van der Waals surface area contributed by atoms with Gasteiger partial charge in [0.25, 0.3) is 0 Å². The zero-order chi connectivity index (χ0) is 23.5. The van der Waals surface area contributed by atoms with Crippen molar-refractivity contribution < 1.29 is 9.13 Å². The molecule has 0 radical (unpaired) electrons. The monoisotopic (exact) mass is 489 g/mol. The summed E-state index contributed by atoms with van der Waals surface area (Å²) in [5, 5.41) is 7.27. The third kappa shape index (κ3) is 5.60. The molecule has 2 aromatic rings. The Hall–Kier alpha value is -2.04. The van der Waals surface area contributed by atoms with Gasteiger partial charge >= 0.3 is 0 Å². The second-order valence-electron chi connectivity index (χ2n) is 9.36. The molecule has 184 valence electrons. The third-order valence-corrected chi connectivity index (χ3v) is 7.19. The van der Waals surface area contributed by atoms with Crippen LogP contribution in [-0.4, -0.2) is 91.9 Å². The van der Waals surface area contributed by atoms with Gasteiger partial charge < -0.3 is 25.2 Å². The highest BCUT2D eigenvalue weighted by molar-refractivity contribution is 6.31. The van der Waals surface area contributed by atoms with Crippen LogP contribution >= 0.6 is 11.6 Å². The van der Waals surface area contributed by atoms with Gasteiger partial charge in [0.2, 0.25) is 5.95 Å². The third-order valence-electron chi connectivity index (χ3n) is 6.84. The van der Waals surface area contributed by atoms with Crippen molar-refractivity contribution in [2.24, 2.45) is 0 Å². The summed E-state index contributed by atoms with van der Waals surface area (Å²) in [5.74, 6) is 1.27. The van der Waals surface area contributed by atoms with Gasteiger partial charge in [0.1, 0.15) is 11.6 Å². The van der Waals surface area contributed by atoms with E-state index in [1.807, 2.05) is 0 Å². The lowest BCUT2D eigenvalue weighted by molar-refractivity contribution is -0.0361. The number of morpholine rings is 1. The number of hydrogen-bond acceptors (Lipinski definition) is 8. The number of fused-ring (bicyclic) bond motifs is 1. The SMILES string of the molecule is CN1CCO[C@H](CN2CCN(c3nc4c(c(NCc5ccc(F)cc5Cl)n3)CNCC4)CC2)C1. The highest BCUT2D eigenvalue weighted by Crippen LogP contribution is 2.26. The van der Waals surface area contributed by atoms with Gasteiger partial charge in [-0.1, -0.05) is 17.7 Å². The van der Waals surface area contributed by atoms with Crippen molar-refractivity contribution in [2.75, 3.05) is 76.2 Å². The number of piperazine rings is 1. The van der Waals surface area contributed by atoms with Crippen molar-refractivity contribution in [2.45, 2.75) is 25.6 Å². The minimum absolute atomic E-state index is 0.284. The van der Waals surface area contributed by atoms with Crippen LogP contribution in [0.1, 0.15) is 16.8 Å². The standard InChI is InChI=1S/C24H33ClFN7O/c1-31-10-11-34-19(15-31)16-32-6-8-33(9-7-32)24-29-22-4-5-27-14-20(22)23(30-24)28-13-17-2-3-18(26)12-21(17)25/h2-3,12,19,27H,4-11,13-16H2,1H3,(H,28,29,30)/t19-/m0/s1. The lowest BCUT2D eigenvalue weighted by Gasteiger charge is -2.38. The van der Waals surface area contributed by atoms with Crippen molar-refractivity contribution in [3.63, 3.8) is 0 Å². The molecule has 2 N–H and O–H groups in total. The topological polar surface area (TPSA) is 68.8 Å². The van der Waals surface area contributed by atoms with Crippen molar-refractivity contribution in [1.29, 1.82) is 0 Å². The summed E-state index contributed by atoms with van der Waals surface area (Å²) in [6.45, 7) is 9.65. The quantitative estimate of drug-likeness (QED) is 0.638. The molecule has 5 rings (SSSR count). The van der Waals surface area contributed by atoms with Crippen LogP contribution in [0.3, 0.4) is 0 Å². The Kier molecular flexibility index (Phi) is 7.46. The van der Waals surface area contributed by atoms with Crippen LogP contribution < -0.4 is 15.5 Å². The molecule has 0 amide bonds. The van der Waals surface area contributed by atoms with Crippen molar-refractivity contribution in [1.82, 2.24) is 25.1 Å². The largest absolute Gasteiger partial charge is 0.374 e. The Bertz CT molecular complexity index is 1000. The summed E-state index contributed by atoms with van der Waals surface area (Å²) in [7, 11) is 2.16. The van der Waals surface area contributed by atoms with E-state index in [9.17, 15) is 4.39 Å². The van der Waals surface area contributed by atoms with Crippen molar-refractivity contribution in [3.8, 4) is 0 Å². The molecule has 0 aliphatic carbocycles. The van der Waals surface area contributed by atoms with E-state index in [-0.39, 0.29) is 11.9 Å². The first kappa shape index (κ1) is 23.7. The Balaban J connectivity index is 1.26. The molecular weight excluding hydrogens is 457 g/mol. The molecule has 3 aliphatic heterocycles. The second-order valence-corrected chi connectivity index (χ2v) is 9.76. The van der Waals surface area contributed by atoms with Gasteiger partial charge in [-0.05, 0) is 24.7 Å². The Morgan fingerprint density at radius 1 is 1.21 bits per heavy atom. The predicted molar refractivity (Wildman–Crippen MR) is 132 cm³/mol. The summed E-state index contributed by atoms with van der Waals surface area (Å²) < 4.78 is 19.4. The lowest BCUT2D eigenvalue weighted by Crippen LogP contribution is -2.52. The molecule has 4 heterocycles. The van der Waals surface area contributed by atoms with Crippen molar-refractivity contribution in [3.05, 3.63) is 45.9 Å². The van der Waals surface area contributed by atoms with Gasteiger partial charge in [-0.2, -0.15) is 4.98 Å². The van der Waals surface area contributed by atoms with Crippen LogP contribution in [0.2, 0.25) is 5.02 Å². The second kappa shape index (κ2) is 10.7. The maximum atomic E-state index is 13.4. The fourth-order valence-corrected chi connectivity index (χ4v) is 5.09. The molecule has 8 nitrogen and oxygen atoms in total. The molecule has 2 saturated heterocycles. The van der Waals surface area contributed by atoms with Gasteiger partial charge in [-0.15, -0.1) is 0 Å². The van der Waals surface area contributed by atoms with E-state index < -0.39 is 0 Å². The maximum absolute atomic E-state index is 13.4. The molecule has 0 unspecified atom stereocenters. The molecule has 0 saturated carbocycles. The summed E-state index contributed by atoms with van der Waals surface area (Å²) >= 11 is 6.23. The Morgan fingerprint density at radius 2 is 2.06 bits per heavy atom. The number of ether oxygens (including phenoxy) is 1. The minimum Gasteiger partial charge on any atom is -0.374 e. The molecule has 1 aromatic heterocycles. The van der Waals surface area contributed by atoms with Gasteiger partial charge in [0, 0.05) is 82.5 Å². The molecular formula is C24H33ClFN7O. The zero-order valence-electron chi connectivity index (χ0n) is 19.7. The van der Waals surface area contributed by atoms with E-state index in [2.05, 4.69) is 32.4 Å². The average molecular weight is 490 g/mol. The molecule has 1 atom stereocenters. The molecule has 10 heteroatoms. The maximum Gasteiger partial charge on any atom is 0.227 e. The van der Waals surface area contributed by atoms with Gasteiger partial charge in [0.15, 0.2) is 0 Å². The van der Waals surface area contributed by atoms with Crippen molar-refractivity contribution >= 4 is 23.4 Å². The van der Waals surface area contributed by atoms with Crippen LogP contribution in [0.25, 0.3) is 0 Å². The Morgan fingerprint density at radius 3 is 2.85 bits per heavy atom. The number of hydrogen-bond donors (Lipinski definition) is 2. The first-order chi connectivity index (χ1) is 16.5. The van der Waals surface area contributed by atoms with Crippen LogP contribution in [0.5, 0.6) is 0 Å². The van der Waals surface area contributed by atoms with E-state index >= 15 is 0 Å². The summed E-state index contributed by atoms with van der Waals surface area (Å²) in [6.07, 6.45) is 1.16. The van der Waals surface area contributed by atoms with E-state index in [1.54, 1.807) is 6.07 Å². The molecule has 1 aromatic carbocycles. The number of anilines is 2. The van der Waals surface area contributed by atoms with Crippen LogP contribution in [0.4, 0.5) is 16.2 Å². The molecule has 34 heavy (non-hydrogen) atoms. The molecule has 0 bridgehead atoms. The van der Waals surface area contributed by atoms with Gasteiger partial charge in [-0.3, -0.25) is 4.90 Å². The molecule has 2 fully saturated rings. The predicted octanol–water partition coefficient (Wildman–Crippen LogP) is 1.98. The summed E-state index contributed by atoms with van der Waals surface area (Å²) in [6, 6.07) is 4.49. The number of benzene rings is 1. The van der Waals surface area contributed by atoms with Gasteiger partial charge in [0.05, 0.1) is 18.4 Å². The van der Waals surface area contributed by atoms with E-state index in [0.717, 1.165) is 101 Å². The number of likely N-dealkylation sites (N-methyl/N-ethyl adjacent to an activating group) is 1. The summed E-state index contributed by atoms with van der Waals surface area (Å²) in [4.78, 5) is 17.0. The average Bonchev–Trinajstić information content (AvgIpc) is 2.84. The number of rotatable bonds is 6. The van der Waals surface area contributed by atoms with Crippen LogP contribution in [0.15, 0.2) is 18.2 Å². The van der Waals surface area contributed by atoms with E-state index in [1.165, 1.54) is 12.1 Å². The fourth-order valence-electron chi connectivity index (χ4n) is 4.86. The minimum atomic E-state index is -0.333. The molecule has 3 aliphatic rings. The number of nitrogens with zero attached hydrogens (tertiary/aromatic N) is 5. The highest BCUT2D eigenvalue weighted by Gasteiger charge is 2.26. The first-order valence-corrected chi connectivity index (χ1v) is 12.5. The Labute approximate surface area is 205 Å². The van der Waals surface area contributed by atoms with E-state index in [0.29, 0.717) is 11.6 Å². The fraction of sp³-hybridized carbons (Fsp3) is 0.583. The normalized spacial score (nSPS) is 22.0. The van der Waals surface area contributed by atoms with Gasteiger partial charge in [-0.25, -0.2) is 9.37 Å². The van der Waals surface area contributed by atoms with Crippen LogP contribution in [0, 0.1) is 5.82 Å². The number of nitrogens with one attached hydrogen (secondary N) is 2. The van der Waals surface area contributed by atoms with Crippen LogP contribution in [-0.2, 0) is 24.2 Å². The summed E-state index contributed by atoms with van der Waals surface area (Å²) in [5.41, 5.74) is 3.04. The van der Waals surface area contributed by atoms with E-state index in [4.69, 9.17) is 26.3 Å². The smallest absolute Gasteiger partial charge is 0.227 e. The lowest BCUT2D eigenvalue weighted by atomic mass is 10.1. The first-order valence-electron chi connectivity index (χ1n) is 12.1. The highest BCUT2D eigenvalue weighted by atomic mass is 35.5.